The highest BCUT2D eigenvalue weighted by Gasteiger charge is 2.10. The molecular weight excluding hydrogens is 386 g/mol. The first kappa shape index (κ1) is 23.5. The normalized spacial score (nSPS) is 10.6. The van der Waals surface area contributed by atoms with E-state index < -0.39 is 11.6 Å². The van der Waals surface area contributed by atoms with E-state index in [9.17, 15) is 18.4 Å². The first-order valence-electron chi connectivity index (χ1n) is 10.6. The van der Waals surface area contributed by atoms with Crippen LogP contribution in [0.3, 0.4) is 0 Å². The molecular formula is C24H30F2N2O2. The summed E-state index contributed by atoms with van der Waals surface area (Å²) in [6, 6.07) is 12.0. The standard InChI is InChI=1S/C24H30F2N2O2/c25-21-15-9-7-13-19(21)23(29)27-17-11-5-3-1-2-4-6-12-18-28-24(30)20-14-8-10-16-22(20)26/h7-10,13-16H,1-6,11-12,17-18H2,(H,27,29)(H,28,30). The maximum atomic E-state index is 13.5. The maximum Gasteiger partial charge on any atom is 0.254 e. The Bertz CT molecular complexity index is 744. The molecule has 0 aliphatic carbocycles. The zero-order valence-electron chi connectivity index (χ0n) is 17.3. The second kappa shape index (κ2) is 13.5. The Morgan fingerprint density at radius 2 is 0.900 bits per heavy atom. The molecule has 0 aromatic heterocycles. The average Bonchev–Trinajstić information content (AvgIpc) is 2.74. The van der Waals surface area contributed by atoms with Crippen LogP contribution in [-0.4, -0.2) is 24.9 Å². The van der Waals surface area contributed by atoms with Gasteiger partial charge in [-0.2, -0.15) is 0 Å². The molecule has 4 nitrogen and oxygen atoms in total. The van der Waals surface area contributed by atoms with Crippen LogP contribution in [-0.2, 0) is 0 Å². The summed E-state index contributed by atoms with van der Waals surface area (Å²) in [6.07, 6.45) is 8.25. The van der Waals surface area contributed by atoms with Gasteiger partial charge in [-0.15, -0.1) is 0 Å². The molecule has 0 unspecified atom stereocenters. The number of carbonyl (C=O) groups excluding carboxylic acids is 2. The highest BCUT2D eigenvalue weighted by molar-refractivity contribution is 5.94. The summed E-state index contributed by atoms with van der Waals surface area (Å²) in [5, 5.41) is 5.50. The van der Waals surface area contributed by atoms with Crippen molar-refractivity contribution >= 4 is 11.8 Å². The Morgan fingerprint density at radius 1 is 0.567 bits per heavy atom. The van der Waals surface area contributed by atoms with Gasteiger partial charge in [0.1, 0.15) is 11.6 Å². The topological polar surface area (TPSA) is 58.2 Å². The van der Waals surface area contributed by atoms with E-state index >= 15 is 0 Å². The highest BCUT2D eigenvalue weighted by atomic mass is 19.1. The number of hydrogen-bond donors (Lipinski definition) is 2. The summed E-state index contributed by atoms with van der Waals surface area (Å²) in [5.74, 6) is -1.73. The molecule has 2 amide bonds. The van der Waals surface area contributed by atoms with E-state index in [1.165, 1.54) is 24.3 Å². The molecule has 2 rings (SSSR count). The molecule has 6 heteroatoms. The van der Waals surface area contributed by atoms with Gasteiger partial charge in [0.25, 0.3) is 11.8 Å². The van der Waals surface area contributed by atoms with Gasteiger partial charge in [-0.25, -0.2) is 8.78 Å². The number of amides is 2. The van der Waals surface area contributed by atoms with Gasteiger partial charge in [0.2, 0.25) is 0 Å². The Balaban J connectivity index is 1.41. The van der Waals surface area contributed by atoms with E-state index in [4.69, 9.17) is 0 Å². The molecule has 0 atom stereocenters. The molecule has 0 fully saturated rings. The quantitative estimate of drug-likeness (QED) is 0.439. The molecule has 0 aliphatic heterocycles. The maximum absolute atomic E-state index is 13.5. The van der Waals surface area contributed by atoms with Crippen molar-refractivity contribution in [2.24, 2.45) is 0 Å². The van der Waals surface area contributed by atoms with Crippen LogP contribution in [0.1, 0.15) is 72.1 Å². The van der Waals surface area contributed by atoms with Gasteiger partial charge < -0.3 is 10.6 Å². The largest absolute Gasteiger partial charge is 0.352 e. The van der Waals surface area contributed by atoms with E-state index in [-0.39, 0.29) is 22.9 Å². The summed E-state index contributed by atoms with van der Waals surface area (Å²) < 4.78 is 27.0. The van der Waals surface area contributed by atoms with Crippen molar-refractivity contribution in [3.8, 4) is 0 Å². The van der Waals surface area contributed by atoms with Crippen LogP contribution in [0.25, 0.3) is 0 Å². The third-order valence-electron chi connectivity index (χ3n) is 4.91. The van der Waals surface area contributed by atoms with E-state index in [2.05, 4.69) is 10.6 Å². The molecule has 30 heavy (non-hydrogen) atoms. The lowest BCUT2D eigenvalue weighted by molar-refractivity contribution is 0.0940. The van der Waals surface area contributed by atoms with Crippen LogP contribution in [0.2, 0.25) is 0 Å². The van der Waals surface area contributed by atoms with Gasteiger partial charge in [-0.3, -0.25) is 9.59 Å². The lowest BCUT2D eigenvalue weighted by Gasteiger charge is -2.07. The molecule has 0 spiro atoms. The van der Waals surface area contributed by atoms with E-state index in [0.29, 0.717) is 13.1 Å². The smallest absolute Gasteiger partial charge is 0.254 e. The fourth-order valence-corrected chi connectivity index (χ4v) is 3.20. The van der Waals surface area contributed by atoms with Crippen molar-refractivity contribution in [1.82, 2.24) is 10.6 Å². The molecule has 2 aromatic carbocycles. The van der Waals surface area contributed by atoms with Gasteiger partial charge in [-0.1, -0.05) is 62.8 Å². The number of carbonyl (C=O) groups is 2. The van der Waals surface area contributed by atoms with Crippen molar-refractivity contribution < 1.29 is 18.4 Å². The Hall–Kier alpha value is -2.76. The summed E-state index contributed by atoms with van der Waals surface area (Å²) in [6.45, 7) is 1.10. The van der Waals surface area contributed by atoms with Crippen molar-refractivity contribution in [1.29, 1.82) is 0 Å². The van der Waals surface area contributed by atoms with Crippen molar-refractivity contribution in [3.05, 3.63) is 71.3 Å². The molecule has 2 N–H and O–H groups in total. The van der Waals surface area contributed by atoms with Gasteiger partial charge in [0.05, 0.1) is 11.1 Å². The second-order valence-corrected chi connectivity index (χ2v) is 7.30. The zero-order valence-corrected chi connectivity index (χ0v) is 17.3. The fourth-order valence-electron chi connectivity index (χ4n) is 3.20. The molecule has 0 bridgehead atoms. The summed E-state index contributed by atoms with van der Waals surface area (Å²) in [7, 11) is 0. The summed E-state index contributed by atoms with van der Waals surface area (Å²) in [4.78, 5) is 23.7. The Morgan fingerprint density at radius 3 is 1.27 bits per heavy atom. The molecule has 0 radical (unpaired) electrons. The molecule has 0 heterocycles. The number of unbranched alkanes of at least 4 members (excludes halogenated alkanes) is 7. The lowest BCUT2D eigenvalue weighted by Crippen LogP contribution is -2.25. The fraction of sp³-hybridized carbons (Fsp3) is 0.417. The third-order valence-corrected chi connectivity index (χ3v) is 4.91. The van der Waals surface area contributed by atoms with Gasteiger partial charge in [0.15, 0.2) is 0 Å². The van der Waals surface area contributed by atoms with E-state index in [1.807, 2.05) is 0 Å². The van der Waals surface area contributed by atoms with Crippen molar-refractivity contribution in [2.75, 3.05) is 13.1 Å². The summed E-state index contributed by atoms with van der Waals surface area (Å²) in [5.41, 5.74) is 0.171. The van der Waals surface area contributed by atoms with E-state index in [0.717, 1.165) is 51.4 Å². The number of nitrogens with one attached hydrogen (secondary N) is 2. The van der Waals surface area contributed by atoms with Crippen LogP contribution < -0.4 is 10.6 Å². The molecule has 0 saturated carbocycles. The number of hydrogen-bond acceptors (Lipinski definition) is 2. The minimum absolute atomic E-state index is 0.0857. The lowest BCUT2D eigenvalue weighted by atomic mass is 10.1. The monoisotopic (exact) mass is 416 g/mol. The van der Waals surface area contributed by atoms with Crippen LogP contribution in [0, 0.1) is 11.6 Å². The molecule has 0 saturated heterocycles. The number of rotatable bonds is 13. The number of benzene rings is 2. The van der Waals surface area contributed by atoms with Crippen molar-refractivity contribution in [3.63, 3.8) is 0 Å². The van der Waals surface area contributed by atoms with Gasteiger partial charge >= 0.3 is 0 Å². The number of halogens is 2. The van der Waals surface area contributed by atoms with E-state index in [1.54, 1.807) is 24.3 Å². The van der Waals surface area contributed by atoms with Crippen molar-refractivity contribution in [2.45, 2.75) is 51.4 Å². The summed E-state index contributed by atoms with van der Waals surface area (Å²) >= 11 is 0. The average molecular weight is 417 g/mol. The van der Waals surface area contributed by atoms with Crippen LogP contribution >= 0.6 is 0 Å². The Kier molecular flexibility index (Phi) is 10.6. The molecule has 0 aliphatic rings. The second-order valence-electron chi connectivity index (χ2n) is 7.30. The highest BCUT2D eigenvalue weighted by Crippen LogP contribution is 2.10. The predicted octanol–water partition coefficient (Wildman–Crippen LogP) is 5.25. The van der Waals surface area contributed by atoms with Crippen LogP contribution in [0.4, 0.5) is 8.78 Å². The first-order valence-corrected chi connectivity index (χ1v) is 10.6. The first-order chi connectivity index (χ1) is 14.6. The molecule has 2 aromatic rings. The molecule has 162 valence electrons. The van der Waals surface area contributed by atoms with Crippen LogP contribution in [0.15, 0.2) is 48.5 Å². The Labute approximate surface area is 177 Å². The third kappa shape index (κ3) is 8.31. The van der Waals surface area contributed by atoms with Gasteiger partial charge in [0, 0.05) is 13.1 Å². The SMILES string of the molecule is O=C(NCCCCCCCCCCNC(=O)c1ccccc1F)c1ccccc1F. The van der Waals surface area contributed by atoms with Gasteiger partial charge in [-0.05, 0) is 37.1 Å². The minimum atomic E-state index is -0.498. The predicted molar refractivity (Wildman–Crippen MR) is 114 cm³/mol. The minimum Gasteiger partial charge on any atom is -0.352 e. The van der Waals surface area contributed by atoms with Crippen LogP contribution in [0.5, 0.6) is 0 Å². The zero-order chi connectivity index (χ0) is 21.6.